The van der Waals surface area contributed by atoms with Crippen LogP contribution >= 0.6 is 0 Å². The number of benzene rings is 2. The topological polar surface area (TPSA) is 23.5 Å². The zero-order valence-corrected chi connectivity index (χ0v) is 18.4. The van der Waals surface area contributed by atoms with E-state index in [1.54, 1.807) is 0 Å². The Morgan fingerprint density at radius 2 is 1.48 bits per heavy atom. The summed E-state index contributed by atoms with van der Waals surface area (Å²) in [4.78, 5) is 2.52. The number of rotatable bonds is 8. The fourth-order valence-electron chi connectivity index (χ4n) is 3.68. The molecule has 0 bridgehead atoms. The van der Waals surface area contributed by atoms with E-state index in [0.717, 1.165) is 24.9 Å². The Labute approximate surface area is 167 Å². The van der Waals surface area contributed by atoms with Crippen molar-refractivity contribution < 1.29 is 5.11 Å². The molecule has 0 aliphatic rings. The minimum atomic E-state index is 0.215. The van der Waals surface area contributed by atoms with Gasteiger partial charge >= 0.3 is 0 Å². The lowest BCUT2D eigenvalue weighted by Crippen LogP contribution is -2.38. The Bertz CT molecular complexity index is 641. The van der Waals surface area contributed by atoms with Gasteiger partial charge in [0.1, 0.15) is 5.75 Å². The van der Waals surface area contributed by atoms with Gasteiger partial charge in [0.25, 0.3) is 0 Å². The number of phenolic OH excluding ortho intramolecular Hbond substituents is 1. The minimum absolute atomic E-state index is 0.215. The molecule has 2 aromatic rings. The summed E-state index contributed by atoms with van der Waals surface area (Å²) < 4.78 is 0. The average molecular weight is 370 g/mol. The monoisotopic (exact) mass is 369 g/mol. The third kappa shape index (κ3) is 6.70. The van der Waals surface area contributed by atoms with E-state index in [9.17, 15) is 5.11 Å². The molecule has 0 aromatic heterocycles. The van der Waals surface area contributed by atoms with Gasteiger partial charge in [-0.2, -0.15) is 0 Å². The van der Waals surface area contributed by atoms with E-state index in [-0.39, 0.29) is 5.92 Å². The highest BCUT2D eigenvalue weighted by Crippen LogP contribution is 2.35. The zero-order valence-electron chi connectivity index (χ0n) is 18.4. The molecule has 2 heteroatoms. The first-order valence-electron chi connectivity index (χ1n) is 10.6. The third-order valence-corrected chi connectivity index (χ3v) is 5.08. The van der Waals surface area contributed by atoms with Crippen LogP contribution in [0.15, 0.2) is 48.5 Å². The predicted octanol–water partition coefficient (Wildman–Crippen LogP) is 6.62. The van der Waals surface area contributed by atoms with Crippen LogP contribution in [-0.4, -0.2) is 28.6 Å². The lowest BCUT2D eigenvalue weighted by molar-refractivity contribution is 0.170. The molecular formula is C25H39NO. The summed E-state index contributed by atoms with van der Waals surface area (Å²) in [5, 5.41) is 10.5. The SMILES string of the molecule is CC.CCc1ccc(O)c(C(CCN(C(C)C)C(C)C)c2ccccc2)c1. The van der Waals surface area contributed by atoms with E-state index in [4.69, 9.17) is 0 Å². The number of hydrogen-bond acceptors (Lipinski definition) is 2. The normalized spacial score (nSPS) is 12.2. The van der Waals surface area contributed by atoms with Gasteiger partial charge in [0.15, 0.2) is 0 Å². The summed E-state index contributed by atoms with van der Waals surface area (Å²) in [6.07, 6.45) is 1.99. The molecule has 1 atom stereocenters. The first-order chi connectivity index (χ1) is 12.9. The van der Waals surface area contributed by atoms with E-state index in [1.165, 1.54) is 11.1 Å². The van der Waals surface area contributed by atoms with Crippen LogP contribution in [0.4, 0.5) is 0 Å². The van der Waals surface area contributed by atoms with Crippen LogP contribution < -0.4 is 0 Å². The molecule has 1 N–H and O–H groups in total. The van der Waals surface area contributed by atoms with Gasteiger partial charge in [-0.05, 0) is 64.3 Å². The summed E-state index contributed by atoms with van der Waals surface area (Å²) in [6.45, 7) is 16.2. The molecule has 0 heterocycles. The molecule has 2 nitrogen and oxygen atoms in total. The number of phenols is 1. The third-order valence-electron chi connectivity index (χ3n) is 5.08. The van der Waals surface area contributed by atoms with Crippen molar-refractivity contribution in [2.75, 3.05) is 6.54 Å². The van der Waals surface area contributed by atoms with Crippen molar-refractivity contribution in [2.24, 2.45) is 0 Å². The van der Waals surface area contributed by atoms with E-state index >= 15 is 0 Å². The largest absolute Gasteiger partial charge is 0.508 e. The fraction of sp³-hybridized carbons (Fsp3) is 0.520. The van der Waals surface area contributed by atoms with Crippen molar-refractivity contribution in [3.8, 4) is 5.75 Å². The molecule has 2 rings (SSSR count). The van der Waals surface area contributed by atoms with Gasteiger partial charge in [-0.15, -0.1) is 0 Å². The molecule has 0 aliphatic carbocycles. The Morgan fingerprint density at radius 3 is 2.00 bits per heavy atom. The Morgan fingerprint density at radius 1 is 0.889 bits per heavy atom. The van der Waals surface area contributed by atoms with Gasteiger partial charge < -0.3 is 5.11 Å². The molecule has 1 unspecified atom stereocenters. The van der Waals surface area contributed by atoms with E-state index in [0.29, 0.717) is 17.8 Å². The first kappa shape index (κ1) is 23.2. The second-order valence-electron chi connectivity index (χ2n) is 7.42. The molecule has 0 amide bonds. The number of nitrogens with zero attached hydrogens (tertiary/aromatic N) is 1. The van der Waals surface area contributed by atoms with Crippen LogP contribution in [-0.2, 0) is 6.42 Å². The van der Waals surface area contributed by atoms with E-state index in [2.05, 4.69) is 75.9 Å². The molecule has 27 heavy (non-hydrogen) atoms. The Kier molecular flexibility index (Phi) is 10.2. The maximum absolute atomic E-state index is 10.5. The maximum atomic E-state index is 10.5. The van der Waals surface area contributed by atoms with Gasteiger partial charge in [0.05, 0.1) is 0 Å². The number of aromatic hydroxyl groups is 1. The molecule has 0 saturated carbocycles. The van der Waals surface area contributed by atoms with Gasteiger partial charge in [-0.25, -0.2) is 0 Å². The highest BCUT2D eigenvalue weighted by Gasteiger charge is 2.21. The first-order valence-corrected chi connectivity index (χ1v) is 10.6. The summed E-state index contributed by atoms with van der Waals surface area (Å²) in [7, 11) is 0. The van der Waals surface area contributed by atoms with Crippen LogP contribution in [0, 0.1) is 0 Å². The van der Waals surface area contributed by atoms with Crippen molar-refractivity contribution in [2.45, 2.75) is 79.3 Å². The second kappa shape index (κ2) is 11.8. The van der Waals surface area contributed by atoms with Crippen molar-refractivity contribution in [3.05, 3.63) is 65.2 Å². The van der Waals surface area contributed by atoms with Crippen molar-refractivity contribution >= 4 is 0 Å². The van der Waals surface area contributed by atoms with Crippen molar-refractivity contribution in [1.82, 2.24) is 4.90 Å². The smallest absolute Gasteiger partial charge is 0.119 e. The number of aryl methyl sites for hydroxylation is 1. The van der Waals surface area contributed by atoms with E-state index < -0.39 is 0 Å². The highest BCUT2D eigenvalue weighted by atomic mass is 16.3. The second-order valence-corrected chi connectivity index (χ2v) is 7.42. The Balaban J connectivity index is 0.00000176. The van der Waals surface area contributed by atoms with E-state index in [1.807, 2.05) is 26.0 Å². The summed E-state index contributed by atoms with van der Waals surface area (Å²) in [6, 6.07) is 17.7. The molecular weight excluding hydrogens is 330 g/mol. The van der Waals surface area contributed by atoms with Gasteiger partial charge in [0, 0.05) is 23.6 Å². The van der Waals surface area contributed by atoms with Crippen LogP contribution in [0.1, 0.15) is 77.5 Å². The van der Waals surface area contributed by atoms with Crippen LogP contribution in [0.5, 0.6) is 5.75 Å². The molecule has 0 radical (unpaired) electrons. The maximum Gasteiger partial charge on any atom is 0.119 e. The molecule has 150 valence electrons. The van der Waals surface area contributed by atoms with Gasteiger partial charge in [0.2, 0.25) is 0 Å². The standard InChI is InChI=1S/C23H33NO.C2H6/c1-6-19-12-13-23(25)22(16-19)21(20-10-8-7-9-11-20)14-15-24(17(2)3)18(4)5;1-2/h7-13,16-18,21,25H,6,14-15H2,1-5H3;1-2H3. The van der Waals surface area contributed by atoms with Crippen molar-refractivity contribution in [3.63, 3.8) is 0 Å². The van der Waals surface area contributed by atoms with Gasteiger partial charge in [-0.1, -0.05) is 63.2 Å². The lowest BCUT2D eigenvalue weighted by Gasteiger charge is -2.32. The zero-order chi connectivity index (χ0) is 20.4. The van der Waals surface area contributed by atoms with Crippen LogP contribution in [0.25, 0.3) is 0 Å². The fourth-order valence-corrected chi connectivity index (χ4v) is 3.68. The van der Waals surface area contributed by atoms with Gasteiger partial charge in [-0.3, -0.25) is 4.90 Å². The summed E-state index contributed by atoms with van der Waals surface area (Å²) in [5.41, 5.74) is 3.61. The highest BCUT2D eigenvalue weighted by molar-refractivity contribution is 5.43. The molecule has 0 spiro atoms. The molecule has 0 aliphatic heterocycles. The van der Waals surface area contributed by atoms with Crippen LogP contribution in [0.2, 0.25) is 0 Å². The Hall–Kier alpha value is -1.80. The molecule has 0 fully saturated rings. The lowest BCUT2D eigenvalue weighted by atomic mass is 9.86. The van der Waals surface area contributed by atoms with Crippen molar-refractivity contribution in [1.29, 1.82) is 0 Å². The number of hydrogen-bond donors (Lipinski definition) is 1. The van der Waals surface area contributed by atoms with Crippen LogP contribution in [0.3, 0.4) is 0 Å². The quantitative estimate of drug-likeness (QED) is 0.565. The molecule has 2 aromatic carbocycles. The molecule has 0 saturated heterocycles. The summed E-state index contributed by atoms with van der Waals surface area (Å²) in [5.74, 6) is 0.624. The predicted molar refractivity (Wildman–Crippen MR) is 119 cm³/mol. The minimum Gasteiger partial charge on any atom is -0.508 e. The average Bonchev–Trinajstić information content (AvgIpc) is 2.68. The summed E-state index contributed by atoms with van der Waals surface area (Å²) >= 11 is 0.